The molecule has 6 aromatic rings. The third-order valence-electron chi connectivity index (χ3n) is 18.0. The van der Waals surface area contributed by atoms with Gasteiger partial charge in [0, 0.05) is 0 Å². The average Bonchev–Trinajstić information content (AvgIpc) is 4.12. The second-order valence-electron chi connectivity index (χ2n) is 21.0. The first-order chi connectivity index (χ1) is 31.5. The summed E-state index contributed by atoms with van der Waals surface area (Å²) in [6.45, 7) is 11.7. The van der Waals surface area contributed by atoms with Crippen LogP contribution in [-0.4, -0.2) is 13.3 Å². The van der Waals surface area contributed by atoms with E-state index in [1.165, 1.54) is 89.1 Å². The van der Waals surface area contributed by atoms with Crippen LogP contribution in [-0.2, 0) is 28.1 Å². The molecule has 0 spiro atoms. The van der Waals surface area contributed by atoms with Gasteiger partial charge in [0.2, 0.25) is 0 Å². The number of rotatable bonds is 13. The normalized spacial score (nSPS) is 22.2. The zero-order valence-corrected chi connectivity index (χ0v) is 50.0. The zero-order chi connectivity index (χ0) is 46.4. The fourth-order valence-corrected chi connectivity index (χ4v) is 136. The standard InChI is InChI=1S/2C16H13.2C11H11.C2H4.2CH5Si.4ClH.2Zr/c2*1-12-10-14-8-5-9-15(16(14)11-12)13-6-3-2-4-7-13;2*1-2-9-7-10-5-3-4-6-11(10)8-9;3*1-2;;;;;;/h2*2-11H,1H3;2*3-8H,2H2,1H3;1-2H2;2*2H2,1H3;4*1H;;/q;;;;;;;;;;;2*+2/p-4. The minimum absolute atomic E-state index is 0.0805. The molecule has 0 heterocycles. The van der Waals surface area contributed by atoms with Gasteiger partial charge in [-0.05, 0) is 0 Å². The molecule has 0 N–H and O–H groups in total. The summed E-state index contributed by atoms with van der Waals surface area (Å²) in [5, 5.41) is 0. The van der Waals surface area contributed by atoms with Crippen LogP contribution in [0.1, 0.15) is 99.5 Å². The molecule has 338 valence electrons. The summed E-state index contributed by atoms with van der Waals surface area (Å²) in [7, 11) is 38.9. The van der Waals surface area contributed by atoms with Crippen LogP contribution in [0, 0.1) is 0 Å². The van der Waals surface area contributed by atoms with E-state index in [0.717, 1.165) is 12.8 Å². The number of halogens is 4. The molecule has 0 saturated heterocycles. The summed E-state index contributed by atoms with van der Waals surface area (Å²) in [6.07, 6.45) is 11.6. The molecule has 0 radical (unpaired) electrons. The summed E-state index contributed by atoms with van der Waals surface area (Å²) in [5.41, 5.74) is 20.5. The van der Waals surface area contributed by atoms with Gasteiger partial charge in [-0.1, -0.05) is 0 Å². The monoisotopic (exact) mass is 1130 g/mol. The second kappa shape index (κ2) is 16.1. The molecule has 8 heteroatoms. The van der Waals surface area contributed by atoms with E-state index in [9.17, 15) is 34.1 Å². The maximum atomic E-state index is 9.73. The predicted octanol–water partition coefficient (Wildman–Crippen LogP) is 17.9. The van der Waals surface area contributed by atoms with Gasteiger partial charge < -0.3 is 0 Å². The van der Waals surface area contributed by atoms with Crippen LogP contribution in [0.5, 0.6) is 0 Å². The van der Waals surface area contributed by atoms with Crippen molar-refractivity contribution in [2.24, 2.45) is 0 Å². The van der Waals surface area contributed by atoms with E-state index in [1.807, 2.05) is 0 Å². The molecular formula is C58H62Cl4Si2Zr2. The van der Waals surface area contributed by atoms with E-state index >= 15 is 0 Å². The molecule has 6 aromatic carbocycles. The molecule has 0 aromatic heterocycles. The number of hydrogen-bond donors (Lipinski definition) is 0. The molecule has 10 rings (SSSR count). The Morgan fingerprint density at radius 2 is 0.758 bits per heavy atom. The van der Waals surface area contributed by atoms with E-state index in [-0.39, 0.29) is 14.5 Å². The Morgan fingerprint density at radius 1 is 0.409 bits per heavy atom. The van der Waals surface area contributed by atoms with Gasteiger partial charge in [-0.3, -0.25) is 0 Å². The zero-order valence-electron chi connectivity index (χ0n) is 39.2. The van der Waals surface area contributed by atoms with Gasteiger partial charge in [-0.15, -0.1) is 0 Å². The first-order valence-electron chi connectivity index (χ1n) is 24.4. The first kappa shape index (κ1) is 47.3. The van der Waals surface area contributed by atoms with E-state index in [1.54, 1.807) is 0 Å². The fourth-order valence-electron chi connectivity index (χ4n) is 14.9. The molecule has 66 heavy (non-hydrogen) atoms. The van der Waals surface area contributed by atoms with Crippen molar-refractivity contribution in [3.8, 4) is 22.3 Å². The third-order valence-corrected chi connectivity index (χ3v) is 130. The van der Waals surface area contributed by atoms with E-state index in [4.69, 9.17) is 0 Å². The van der Waals surface area contributed by atoms with Crippen LogP contribution < -0.4 is 0 Å². The molecule has 0 fully saturated rings. The first-order valence-corrected chi connectivity index (χ1v) is 60.9. The van der Waals surface area contributed by atoms with Crippen molar-refractivity contribution in [1.29, 1.82) is 0 Å². The van der Waals surface area contributed by atoms with Gasteiger partial charge in [0.1, 0.15) is 0 Å². The van der Waals surface area contributed by atoms with Crippen molar-refractivity contribution in [2.45, 2.75) is 76.4 Å². The molecule has 4 aliphatic carbocycles. The molecule has 0 aliphatic heterocycles. The second-order valence-corrected chi connectivity index (χ2v) is 128. The molecular weight excluding hydrogens is 1080 g/mol. The number of hydrogen-bond acceptors (Lipinski definition) is 0. The molecule has 0 nitrogen and oxygen atoms in total. The summed E-state index contributed by atoms with van der Waals surface area (Å²) >= 11 is -12.3. The third kappa shape index (κ3) is 6.65. The molecule has 0 bridgehead atoms. The van der Waals surface area contributed by atoms with Crippen LogP contribution in [0.15, 0.2) is 168 Å². The van der Waals surface area contributed by atoms with Gasteiger partial charge in [-0.2, -0.15) is 0 Å². The minimum atomic E-state index is -6.14. The average molecular weight is 1140 g/mol. The van der Waals surface area contributed by atoms with Crippen LogP contribution in [0.3, 0.4) is 0 Å². The topological polar surface area (TPSA) is 0 Å². The van der Waals surface area contributed by atoms with Crippen LogP contribution >= 0.6 is 34.1 Å². The SMILES string of the molecule is CCC1=Cc2ccccc2[CH]1[Zr]([Cl])([Cl])([CH2][CH2][Zr]([Cl])([Cl])([SiH2]C)([CH]1C(CC)=Cc2ccccc21)[CH]1C(C)=Cc2c(-c3ccccc3)cccc21)([SiH2]C)[CH]1C(C)=Cc2c(-c3ccccc3)cccc21. The van der Waals surface area contributed by atoms with Crippen molar-refractivity contribution in [3.63, 3.8) is 0 Å². The predicted molar refractivity (Wildman–Crippen MR) is 293 cm³/mol. The summed E-state index contributed by atoms with van der Waals surface area (Å²) in [6, 6.07) is 53.5. The van der Waals surface area contributed by atoms with Crippen molar-refractivity contribution >= 4 is 71.6 Å². The Hall–Kier alpha value is -2.36. The van der Waals surface area contributed by atoms with Crippen molar-refractivity contribution < 1.29 is 28.1 Å². The van der Waals surface area contributed by atoms with Crippen LogP contribution in [0.25, 0.3) is 46.6 Å². The molecule has 0 saturated carbocycles. The Kier molecular flexibility index (Phi) is 11.5. The number of allylic oxidation sites excluding steroid dienone is 4. The quantitative estimate of drug-likeness (QED) is 0.101. The molecule has 4 atom stereocenters. The Bertz CT molecular complexity index is 2920. The van der Waals surface area contributed by atoms with Crippen LogP contribution in [0.2, 0.25) is 21.4 Å². The van der Waals surface area contributed by atoms with Gasteiger partial charge in [0.05, 0.1) is 0 Å². The van der Waals surface area contributed by atoms with Crippen LogP contribution in [0.4, 0.5) is 0 Å². The summed E-state index contributed by atoms with van der Waals surface area (Å²) in [4.78, 5) is 0. The Morgan fingerprint density at radius 3 is 1.12 bits per heavy atom. The molecule has 4 unspecified atom stereocenters. The van der Waals surface area contributed by atoms with E-state index in [0.29, 0.717) is 8.26 Å². The Labute approximate surface area is 406 Å². The maximum absolute atomic E-state index is 9.73. The number of fused-ring (bicyclic) bond motifs is 4. The van der Waals surface area contributed by atoms with Crippen molar-refractivity contribution in [3.05, 3.63) is 212 Å². The van der Waals surface area contributed by atoms with E-state index in [2.05, 4.69) is 211 Å². The van der Waals surface area contributed by atoms with E-state index < -0.39 is 41.4 Å². The van der Waals surface area contributed by atoms with Gasteiger partial charge in [-0.25, -0.2) is 0 Å². The molecule has 4 aliphatic rings. The summed E-state index contributed by atoms with van der Waals surface area (Å²) in [5.74, 6) is 0. The number of benzene rings is 6. The molecule has 0 amide bonds. The van der Waals surface area contributed by atoms with Gasteiger partial charge in [0.15, 0.2) is 0 Å². The van der Waals surface area contributed by atoms with Gasteiger partial charge >= 0.3 is 411 Å². The van der Waals surface area contributed by atoms with Gasteiger partial charge in [0.25, 0.3) is 0 Å². The fraction of sp³-hybridized carbons (Fsp3) is 0.241. The van der Waals surface area contributed by atoms with Crippen molar-refractivity contribution in [2.75, 3.05) is 0 Å². The summed E-state index contributed by atoms with van der Waals surface area (Å²) < 4.78 is 0.948. The Balaban J connectivity index is 1.28. The van der Waals surface area contributed by atoms with Crippen molar-refractivity contribution in [1.82, 2.24) is 0 Å².